The number of aromatic nitrogens is 2. The van der Waals surface area contributed by atoms with E-state index in [1.807, 2.05) is 6.92 Å². The third-order valence-corrected chi connectivity index (χ3v) is 3.57. The first kappa shape index (κ1) is 14.0. The van der Waals surface area contributed by atoms with Crippen molar-refractivity contribution in [2.45, 2.75) is 51.6 Å². The minimum Gasteiger partial charge on any atom is -0.468 e. The van der Waals surface area contributed by atoms with Crippen LogP contribution in [0.15, 0.2) is 4.52 Å². The Balaban J connectivity index is 2.01. The molecule has 0 aliphatic heterocycles. The predicted molar refractivity (Wildman–Crippen MR) is 68.4 cm³/mol. The van der Waals surface area contributed by atoms with Crippen molar-refractivity contribution < 1.29 is 14.1 Å². The van der Waals surface area contributed by atoms with Crippen molar-refractivity contribution in [2.24, 2.45) is 0 Å². The van der Waals surface area contributed by atoms with E-state index in [0.717, 1.165) is 19.3 Å². The number of hydrogen-bond donors (Lipinski definition) is 0. The van der Waals surface area contributed by atoms with Crippen molar-refractivity contribution in [3.05, 3.63) is 11.7 Å². The van der Waals surface area contributed by atoms with Gasteiger partial charge in [0.2, 0.25) is 5.89 Å². The summed E-state index contributed by atoms with van der Waals surface area (Å²) < 4.78 is 9.96. The van der Waals surface area contributed by atoms with E-state index < -0.39 is 0 Å². The summed E-state index contributed by atoms with van der Waals surface area (Å²) in [6.45, 7) is 2.79. The molecule has 19 heavy (non-hydrogen) atoms. The summed E-state index contributed by atoms with van der Waals surface area (Å²) in [4.78, 5) is 17.9. The fraction of sp³-hybridized carbons (Fsp3) is 0.769. The zero-order valence-electron chi connectivity index (χ0n) is 11.6. The van der Waals surface area contributed by atoms with Gasteiger partial charge in [0.25, 0.3) is 0 Å². The van der Waals surface area contributed by atoms with E-state index in [9.17, 15) is 4.79 Å². The summed E-state index contributed by atoms with van der Waals surface area (Å²) >= 11 is 0. The van der Waals surface area contributed by atoms with Crippen LogP contribution in [0.3, 0.4) is 0 Å². The average molecular weight is 267 g/mol. The zero-order chi connectivity index (χ0) is 13.7. The number of esters is 1. The van der Waals surface area contributed by atoms with Crippen LogP contribution in [0, 0.1) is 0 Å². The van der Waals surface area contributed by atoms with Crippen molar-refractivity contribution >= 4 is 5.97 Å². The SMILES string of the molecule is CCc1noc(CN(CC(=O)OC)C2CCCC2)n1. The molecule has 1 heterocycles. The van der Waals surface area contributed by atoms with Crippen molar-refractivity contribution in [1.82, 2.24) is 15.0 Å². The van der Waals surface area contributed by atoms with Crippen LogP contribution >= 0.6 is 0 Å². The lowest BCUT2D eigenvalue weighted by Gasteiger charge is -2.25. The number of rotatable bonds is 6. The summed E-state index contributed by atoms with van der Waals surface area (Å²) in [5.74, 6) is 1.06. The summed E-state index contributed by atoms with van der Waals surface area (Å²) in [7, 11) is 1.41. The third-order valence-electron chi connectivity index (χ3n) is 3.57. The fourth-order valence-corrected chi connectivity index (χ4v) is 2.49. The van der Waals surface area contributed by atoms with E-state index in [1.54, 1.807) is 0 Å². The number of methoxy groups -OCH3 is 1. The number of nitrogens with zero attached hydrogens (tertiary/aromatic N) is 3. The number of aryl methyl sites for hydroxylation is 1. The van der Waals surface area contributed by atoms with Crippen LogP contribution in [-0.2, 0) is 22.5 Å². The topological polar surface area (TPSA) is 68.5 Å². The highest BCUT2D eigenvalue weighted by Gasteiger charge is 2.26. The van der Waals surface area contributed by atoms with Gasteiger partial charge in [-0.05, 0) is 12.8 Å². The molecule has 0 bridgehead atoms. The highest BCUT2D eigenvalue weighted by atomic mass is 16.5. The molecule has 0 atom stereocenters. The molecule has 1 aliphatic rings. The van der Waals surface area contributed by atoms with Gasteiger partial charge in [-0.15, -0.1) is 0 Å². The van der Waals surface area contributed by atoms with Crippen LogP contribution in [-0.4, -0.2) is 40.7 Å². The largest absolute Gasteiger partial charge is 0.468 e. The molecular weight excluding hydrogens is 246 g/mol. The second kappa shape index (κ2) is 6.65. The first-order valence-corrected chi connectivity index (χ1v) is 6.85. The van der Waals surface area contributed by atoms with Crippen LogP contribution < -0.4 is 0 Å². The van der Waals surface area contributed by atoms with Crippen LogP contribution in [0.4, 0.5) is 0 Å². The van der Waals surface area contributed by atoms with Crippen molar-refractivity contribution in [3.8, 4) is 0 Å². The second-order valence-corrected chi connectivity index (χ2v) is 4.88. The van der Waals surface area contributed by atoms with E-state index >= 15 is 0 Å². The normalized spacial score (nSPS) is 16.2. The molecule has 0 amide bonds. The van der Waals surface area contributed by atoms with E-state index in [0.29, 0.717) is 24.3 Å². The Morgan fingerprint density at radius 2 is 2.21 bits per heavy atom. The second-order valence-electron chi connectivity index (χ2n) is 4.88. The molecule has 0 unspecified atom stereocenters. The number of hydrogen-bond acceptors (Lipinski definition) is 6. The van der Waals surface area contributed by atoms with Gasteiger partial charge >= 0.3 is 5.97 Å². The summed E-state index contributed by atoms with van der Waals surface area (Å²) in [6, 6.07) is 0.413. The molecule has 0 saturated heterocycles. The molecule has 6 nitrogen and oxygen atoms in total. The van der Waals surface area contributed by atoms with Gasteiger partial charge in [0.1, 0.15) is 0 Å². The first-order valence-electron chi connectivity index (χ1n) is 6.85. The third kappa shape index (κ3) is 3.76. The van der Waals surface area contributed by atoms with Crippen LogP contribution in [0.25, 0.3) is 0 Å². The lowest BCUT2D eigenvalue weighted by molar-refractivity contribution is -0.142. The lowest BCUT2D eigenvalue weighted by atomic mass is 10.2. The van der Waals surface area contributed by atoms with Crippen LogP contribution in [0.5, 0.6) is 0 Å². The number of carbonyl (C=O) groups is 1. The Hall–Kier alpha value is -1.43. The predicted octanol–water partition coefficient (Wildman–Crippen LogP) is 1.55. The summed E-state index contributed by atoms with van der Waals surface area (Å²) in [6.07, 6.45) is 5.42. The van der Waals surface area contributed by atoms with Gasteiger partial charge in [0.15, 0.2) is 5.82 Å². The monoisotopic (exact) mass is 267 g/mol. The Labute approximate surface area is 113 Å². The van der Waals surface area contributed by atoms with Gasteiger partial charge in [0, 0.05) is 12.5 Å². The molecular formula is C13H21N3O3. The number of ether oxygens (including phenoxy) is 1. The molecule has 0 radical (unpaired) electrons. The Bertz CT molecular complexity index is 413. The highest BCUT2D eigenvalue weighted by Crippen LogP contribution is 2.24. The molecule has 1 fully saturated rings. The smallest absolute Gasteiger partial charge is 0.319 e. The van der Waals surface area contributed by atoms with Crippen molar-refractivity contribution in [2.75, 3.05) is 13.7 Å². The van der Waals surface area contributed by atoms with Crippen LogP contribution in [0.1, 0.15) is 44.3 Å². The van der Waals surface area contributed by atoms with E-state index in [-0.39, 0.29) is 12.5 Å². The number of carbonyl (C=O) groups excluding carboxylic acids is 1. The molecule has 6 heteroatoms. The van der Waals surface area contributed by atoms with Gasteiger partial charge in [-0.1, -0.05) is 24.9 Å². The molecule has 0 aromatic carbocycles. The van der Waals surface area contributed by atoms with E-state index in [2.05, 4.69) is 15.0 Å². The maximum absolute atomic E-state index is 11.5. The van der Waals surface area contributed by atoms with Crippen molar-refractivity contribution in [1.29, 1.82) is 0 Å². The molecule has 2 rings (SSSR count). The van der Waals surface area contributed by atoms with E-state index in [1.165, 1.54) is 20.0 Å². The Morgan fingerprint density at radius 1 is 1.47 bits per heavy atom. The average Bonchev–Trinajstić information content (AvgIpc) is 3.08. The van der Waals surface area contributed by atoms with Gasteiger partial charge in [0.05, 0.1) is 20.2 Å². The van der Waals surface area contributed by atoms with Gasteiger partial charge in [-0.3, -0.25) is 9.69 Å². The minimum absolute atomic E-state index is 0.220. The maximum atomic E-state index is 11.5. The van der Waals surface area contributed by atoms with Crippen LogP contribution in [0.2, 0.25) is 0 Å². The molecule has 106 valence electrons. The molecule has 1 aromatic rings. The summed E-state index contributed by atoms with van der Waals surface area (Å²) in [5, 5.41) is 3.88. The van der Waals surface area contributed by atoms with Crippen molar-refractivity contribution in [3.63, 3.8) is 0 Å². The first-order chi connectivity index (χ1) is 9.22. The van der Waals surface area contributed by atoms with Gasteiger partial charge in [-0.25, -0.2) is 0 Å². The molecule has 0 N–H and O–H groups in total. The molecule has 1 saturated carbocycles. The van der Waals surface area contributed by atoms with Gasteiger partial charge in [-0.2, -0.15) is 4.98 Å². The fourth-order valence-electron chi connectivity index (χ4n) is 2.49. The Kier molecular flexibility index (Phi) is 4.90. The summed E-state index contributed by atoms with van der Waals surface area (Å²) in [5.41, 5.74) is 0. The van der Waals surface area contributed by atoms with Gasteiger partial charge < -0.3 is 9.26 Å². The lowest BCUT2D eigenvalue weighted by Crippen LogP contribution is -2.37. The molecule has 1 aromatic heterocycles. The molecule has 1 aliphatic carbocycles. The highest BCUT2D eigenvalue weighted by molar-refractivity contribution is 5.71. The standard InChI is InChI=1S/C13H21N3O3/c1-3-11-14-12(19-15-11)8-16(9-13(17)18-2)10-6-4-5-7-10/h10H,3-9H2,1-2H3. The Morgan fingerprint density at radius 3 is 2.79 bits per heavy atom. The zero-order valence-corrected chi connectivity index (χ0v) is 11.6. The molecule has 0 spiro atoms. The minimum atomic E-state index is -0.220. The maximum Gasteiger partial charge on any atom is 0.319 e. The quantitative estimate of drug-likeness (QED) is 0.728. The van der Waals surface area contributed by atoms with E-state index in [4.69, 9.17) is 9.26 Å².